The fraction of sp³-hybridized carbons (Fsp3) is 0.385. The Kier molecular flexibility index (Phi) is 7.33. The molecule has 170 valence electrons. The first-order valence-electron chi connectivity index (χ1n) is 11.0. The molecule has 32 heavy (non-hydrogen) atoms. The second kappa shape index (κ2) is 9.98. The summed E-state index contributed by atoms with van der Waals surface area (Å²) in [5, 5.41) is 9.45. The fourth-order valence-corrected chi connectivity index (χ4v) is 4.09. The highest BCUT2D eigenvalue weighted by atomic mass is 19.1. The molecule has 0 unspecified atom stereocenters. The van der Waals surface area contributed by atoms with Crippen molar-refractivity contribution in [3.8, 4) is 11.1 Å². The van der Waals surface area contributed by atoms with Gasteiger partial charge in [0, 0.05) is 11.7 Å². The van der Waals surface area contributed by atoms with Gasteiger partial charge in [0.25, 0.3) is 0 Å². The number of aromatic nitrogens is 2. The summed E-state index contributed by atoms with van der Waals surface area (Å²) in [4.78, 5) is 24.7. The third kappa shape index (κ3) is 4.85. The molecule has 1 aromatic heterocycles. The van der Waals surface area contributed by atoms with Gasteiger partial charge in [-0.15, -0.1) is 0 Å². The summed E-state index contributed by atoms with van der Waals surface area (Å²) in [5.41, 5.74) is 3.63. The molecule has 1 N–H and O–H groups in total. The molecule has 0 aliphatic heterocycles. The zero-order valence-electron chi connectivity index (χ0n) is 19.1. The quantitative estimate of drug-likeness (QED) is 0.466. The third-order valence-corrected chi connectivity index (χ3v) is 5.75. The maximum atomic E-state index is 14.0. The summed E-state index contributed by atoms with van der Waals surface area (Å²) in [6.45, 7) is 7.70. The lowest BCUT2D eigenvalue weighted by atomic mass is 9.98. The van der Waals surface area contributed by atoms with Crippen molar-refractivity contribution in [3.63, 3.8) is 0 Å². The molecule has 0 amide bonds. The van der Waals surface area contributed by atoms with Crippen LogP contribution in [-0.2, 0) is 19.6 Å². The largest absolute Gasteiger partial charge is 0.478 e. The molecule has 0 aliphatic carbocycles. The summed E-state index contributed by atoms with van der Waals surface area (Å²) in [6.07, 6.45) is 1.52. The van der Waals surface area contributed by atoms with Crippen LogP contribution < -0.4 is 5.69 Å². The maximum Gasteiger partial charge on any atom is 0.336 e. The second-order valence-corrected chi connectivity index (χ2v) is 8.84. The first-order chi connectivity index (χ1) is 15.2. The van der Waals surface area contributed by atoms with E-state index in [1.54, 1.807) is 27.3 Å². The van der Waals surface area contributed by atoms with Crippen molar-refractivity contribution in [1.82, 2.24) is 9.13 Å². The molecule has 0 saturated carbocycles. The van der Waals surface area contributed by atoms with E-state index in [1.165, 1.54) is 0 Å². The van der Waals surface area contributed by atoms with E-state index in [-0.39, 0.29) is 17.3 Å². The summed E-state index contributed by atoms with van der Waals surface area (Å²) in [6, 6.07) is 14.3. The zero-order chi connectivity index (χ0) is 23.4. The van der Waals surface area contributed by atoms with Gasteiger partial charge < -0.3 is 5.11 Å². The number of imidazole rings is 1. The lowest BCUT2D eigenvalue weighted by Crippen LogP contribution is -2.27. The van der Waals surface area contributed by atoms with E-state index in [0.717, 1.165) is 23.2 Å². The fourth-order valence-electron chi connectivity index (χ4n) is 4.09. The molecule has 0 atom stereocenters. The van der Waals surface area contributed by atoms with E-state index in [4.69, 9.17) is 0 Å². The molecular formula is C26H31FN2O3. The number of nitrogens with zero attached hydrogens (tertiary/aromatic N) is 2. The van der Waals surface area contributed by atoms with Crippen LogP contribution in [0.4, 0.5) is 4.39 Å². The van der Waals surface area contributed by atoms with Crippen LogP contribution in [0, 0.1) is 5.92 Å². The van der Waals surface area contributed by atoms with Gasteiger partial charge in [0.15, 0.2) is 0 Å². The molecule has 0 radical (unpaired) electrons. The van der Waals surface area contributed by atoms with Crippen LogP contribution in [-0.4, -0.2) is 20.2 Å². The van der Waals surface area contributed by atoms with Gasteiger partial charge in [-0.1, -0.05) is 56.3 Å². The van der Waals surface area contributed by atoms with Crippen LogP contribution in [0.2, 0.25) is 0 Å². The molecule has 1 heterocycles. The van der Waals surface area contributed by atoms with Crippen LogP contribution >= 0.6 is 0 Å². The zero-order valence-corrected chi connectivity index (χ0v) is 19.1. The molecule has 2 aromatic carbocycles. The predicted octanol–water partition coefficient (Wildman–Crippen LogP) is 5.70. The number of carbonyl (C=O) groups is 1. The first kappa shape index (κ1) is 23.5. The SMILES string of the molecule is CC(C)CCc1c(CF)n(C(C)C)c(=O)n1Cc1ccc(-c2ccccc2C(=O)O)cc1. The van der Waals surface area contributed by atoms with Crippen LogP contribution in [0.3, 0.4) is 0 Å². The number of alkyl halides is 1. The minimum absolute atomic E-state index is 0.123. The molecular weight excluding hydrogens is 407 g/mol. The highest BCUT2D eigenvalue weighted by Crippen LogP contribution is 2.25. The van der Waals surface area contributed by atoms with Crippen molar-refractivity contribution >= 4 is 5.97 Å². The van der Waals surface area contributed by atoms with Crippen molar-refractivity contribution in [2.45, 2.75) is 59.8 Å². The van der Waals surface area contributed by atoms with E-state index in [9.17, 15) is 19.1 Å². The summed E-state index contributed by atoms with van der Waals surface area (Å²) in [5.74, 6) is -0.526. The lowest BCUT2D eigenvalue weighted by molar-refractivity contribution is 0.0697. The topological polar surface area (TPSA) is 64.2 Å². The molecule has 0 spiro atoms. The Balaban J connectivity index is 1.98. The van der Waals surface area contributed by atoms with Crippen molar-refractivity contribution < 1.29 is 14.3 Å². The van der Waals surface area contributed by atoms with Gasteiger partial charge in [-0.3, -0.25) is 9.13 Å². The Morgan fingerprint density at radius 2 is 1.66 bits per heavy atom. The average Bonchev–Trinajstić information content (AvgIpc) is 3.03. The van der Waals surface area contributed by atoms with Crippen molar-refractivity contribution in [2.75, 3.05) is 0 Å². The van der Waals surface area contributed by atoms with E-state index in [2.05, 4.69) is 13.8 Å². The van der Waals surface area contributed by atoms with Crippen molar-refractivity contribution in [2.24, 2.45) is 5.92 Å². The standard InChI is InChI=1S/C26H31FN2O3/c1-17(2)9-14-23-24(15-27)29(18(3)4)26(32)28(23)16-19-10-12-20(13-11-19)21-7-5-6-8-22(21)25(30)31/h5-8,10-13,17-18H,9,14-16H2,1-4H3,(H,30,31). The van der Waals surface area contributed by atoms with E-state index >= 15 is 0 Å². The maximum absolute atomic E-state index is 14.0. The monoisotopic (exact) mass is 438 g/mol. The number of carboxylic acids is 1. The van der Waals surface area contributed by atoms with Gasteiger partial charge in [0.05, 0.1) is 17.8 Å². The number of rotatable bonds is 9. The Labute approximate surface area is 188 Å². The second-order valence-electron chi connectivity index (χ2n) is 8.84. The smallest absolute Gasteiger partial charge is 0.336 e. The normalized spacial score (nSPS) is 11.5. The van der Waals surface area contributed by atoms with Gasteiger partial charge >= 0.3 is 11.7 Å². The molecule has 3 rings (SSSR count). The number of carboxylic acid groups (broad SMARTS) is 1. The van der Waals surface area contributed by atoms with Crippen LogP contribution in [0.15, 0.2) is 53.3 Å². The third-order valence-electron chi connectivity index (χ3n) is 5.75. The number of hydrogen-bond acceptors (Lipinski definition) is 2. The Morgan fingerprint density at radius 3 is 2.22 bits per heavy atom. The molecule has 0 bridgehead atoms. The number of halogens is 1. The van der Waals surface area contributed by atoms with E-state index < -0.39 is 12.6 Å². The van der Waals surface area contributed by atoms with E-state index in [1.807, 2.05) is 44.2 Å². The minimum Gasteiger partial charge on any atom is -0.478 e. The Morgan fingerprint density at radius 1 is 1.00 bits per heavy atom. The molecule has 0 saturated heterocycles. The van der Waals surface area contributed by atoms with Gasteiger partial charge in [-0.2, -0.15) is 0 Å². The van der Waals surface area contributed by atoms with Gasteiger partial charge in [0.1, 0.15) is 6.67 Å². The molecule has 3 aromatic rings. The number of benzene rings is 2. The van der Waals surface area contributed by atoms with Gasteiger partial charge in [-0.05, 0) is 55.4 Å². The lowest BCUT2D eigenvalue weighted by Gasteiger charge is -2.12. The number of aromatic carboxylic acids is 1. The molecule has 0 fully saturated rings. The van der Waals surface area contributed by atoms with Crippen molar-refractivity contribution in [3.05, 3.63) is 81.5 Å². The summed E-state index contributed by atoms with van der Waals surface area (Å²) in [7, 11) is 0. The molecule has 5 nitrogen and oxygen atoms in total. The summed E-state index contributed by atoms with van der Waals surface area (Å²) >= 11 is 0. The van der Waals surface area contributed by atoms with Crippen molar-refractivity contribution in [1.29, 1.82) is 0 Å². The highest BCUT2D eigenvalue weighted by molar-refractivity contribution is 5.95. The molecule has 6 heteroatoms. The Hall–Kier alpha value is -3.15. The van der Waals surface area contributed by atoms with Crippen LogP contribution in [0.5, 0.6) is 0 Å². The minimum atomic E-state index is -0.972. The first-order valence-corrected chi connectivity index (χ1v) is 11.0. The van der Waals surface area contributed by atoms with Crippen LogP contribution in [0.1, 0.15) is 67.5 Å². The number of hydrogen-bond donors (Lipinski definition) is 1. The Bertz CT molecular complexity index is 1140. The van der Waals surface area contributed by atoms with Crippen LogP contribution in [0.25, 0.3) is 11.1 Å². The average molecular weight is 439 g/mol. The molecule has 0 aliphatic rings. The van der Waals surface area contributed by atoms with Gasteiger partial charge in [0.2, 0.25) is 0 Å². The van der Waals surface area contributed by atoms with E-state index in [0.29, 0.717) is 30.1 Å². The summed E-state index contributed by atoms with van der Waals surface area (Å²) < 4.78 is 17.2. The highest BCUT2D eigenvalue weighted by Gasteiger charge is 2.21. The van der Waals surface area contributed by atoms with Gasteiger partial charge in [-0.25, -0.2) is 14.0 Å². The predicted molar refractivity (Wildman–Crippen MR) is 125 cm³/mol.